The number of rotatable bonds is 8. The topological polar surface area (TPSA) is 97.6 Å². The van der Waals surface area contributed by atoms with Crippen molar-refractivity contribution in [3.8, 4) is 0 Å². The van der Waals surface area contributed by atoms with Gasteiger partial charge >= 0.3 is 5.97 Å². The molecule has 1 atom stereocenters. The van der Waals surface area contributed by atoms with Crippen molar-refractivity contribution in [3.05, 3.63) is 54.2 Å². The van der Waals surface area contributed by atoms with Crippen molar-refractivity contribution in [1.29, 1.82) is 0 Å². The van der Waals surface area contributed by atoms with Crippen LogP contribution in [0.15, 0.2) is 47.1 Å². The number of furan rings is 1. The van der Waals surface area contributed by atoms with Gasteiger partial charge in [0, 0.05) is 18.7 Å². The molecule has 0 fully saturated rings. The summed E-state index contributed by atoms with van der Waals surface area (Å²) < 4.78 is 23.0. The number of hydrogen-bond donors (Lipinski definition) is 2. The maximum absolute atomic E-state index is 13.1. The summed E-state index contributed by atoms with van der Waals surface area (Å²) in [6.07, 6.45) is 0.755. The van der Waals surface area contributed by atoms with Crippen LogP contribution in [0.3, 0.4) is 0 Å². The van der Waals surface area contributed by atoms with Crippen LogP contribution in [0, 0.1) is 5.82 Å². The molecule has 1 unspecified atom stereocenters. The third-order valence-corrected chi connectivity index (χ3v) is 3.36. The second-order valence-electron chi connectivity index (χ2n) is 5.47. The lowest BCUT2D eigenvalue weighted by molar-refractivity contribution is -0.153. The Morgan fingerprint density at radius 1 is 1.23 bits per heavy atom. The molecule has 1 aromatic heterocycles. The van der Waals surface area contributed by atoms with Gasteiger partial charge < -0.3 is 19.8 Å². The van der Waals surface area contributed by atoms with Gasteiger partial charge in [0.2, 0.25) is 0 Å². The molecule has 0 aliphatic rings. The van der Waals surface area contributed by atoms with Crippen LogP contribution in [-0.2, 0) is 14.3 Å². The van der Waals surface area contributed by atoms with Crippen molar-refractivity contribution < 1.29 is 27.9 Å². The molecule has 0 bridgehead atoms. The first kappa shape index (κ1) is 19.2. The quantitative estimate of drug-likeness (QED) is 0.555. The van der Waals surface area contributed by atoms with Gasteiger partial charge in [-0.2, -0.15) is 0 Å². The zero-order valence-electron chi connectivity index (χ0n) is 14.2. The van der Waals surface area contributed by atoms with E-state index in [-0.39, 0.29) is 30.3 Å². The molecule has 138 valence electrons. The summed E-state index contributed by atoms with van der Waals surface area (Å²) in [5.74, 6) is -1.79. The van der Waals surface area contributed by atoms with Crippen molar-refractivity contribution in [2.24, 2.45) is 0 Å². The lowest BCUT2D eigenvalue weighted by Crippen LogP contribution is -2.30. The van der Waals surface area contributed by atoms with E-state index in [0.29, 0.717) is 6.42 Å². The summed E-state index contributed by atoms with van der Waals surface area (Å²) >= 11 is 0. The average molecular weight is 362 g/mol. The van der Waals surface area contributed by atoms with Gasteiger partial charge in [0.05, 0.1) is 6.26 Å². The minimum atomic E-state index is -1.02. The minimum absolute atomic E-state index is 0.0377. The zero-order valence-corrected chi connectivity index (χ0v) is 14.2. The van der Waals surface area contributed by atoms with E-state index in [1.807, 2.05) is 0 Å². The maximum atomic E-state index is 13.1. The second-order valence-corrected chi connectivity index (χ2v) is 5.47. The maximum Gasteiger partial charge on any atom is 0.306 e. The van der Waals surface area contributed by atoms with E-state index in [9.17, 15) is 18.8 Å². The van der Waals surface area contributed by atoms with Gasteiger partial charge in [-0.1, -0.05) is 6.07 Å². The van der Waals surface area contributed by atoms with Crippen LogP contribution in [0.1, 0.15) is 30.3 Å². The monoisotopic (exact) mass is 362 g/mol. The lowest BCUT2D eigenvalue weighted by Gasteiger charge is -2.13. The first-order chi connectivity index (χ1) is 12.5. The Kier molecular flexibility index (Phi) is 6.90. The number of carbonyl (C=O) groups excluding carboxylic acids is 3. The molecule has 26 heavy (non-hydrogen) atoms. The molecule has 0 aliphatic heterocycles. The van der Waals surface area contributed by atoms with E-state index in [2.05, 4.69) is 10.6 Å². The number of carbonyl (C=O) groups is 3. The van der Waals surface area contributed by atoms with E-state index in [0.717, 1.165) is 6.07 Å². The summed E-state index contributed by atoms with van der Waals surface area (Å²) in [6, 6.07) is 8.53. The fourth-order valence-electron chi connectivity index (χ4n) is 2.05. The van der Waals surface area contributed by atoms with Gasteiger partial charge in [-0.15, -0.1) is 0 Å². The normalized spacial score (nSPS) is 11.5. The largest absolute Gasteiger partial charge is 0.459 e. The van der Waals surface area contributed by atoms with Crippen LogP contribution in [0.25, 0.3) is 0 Å². The van der Waals surface area contributed by atoms with Crippen LogP contribution in [0.5, 0.6) is 0 Å². The zero-order chi connectivity index (χ0) is 18.9. The molecule has 0 radical (unpaired) electrons. The molecule has 0 aliphatic carbocycles. The molecule has 7 nitrogen and oxygen atoms in total. The predicted octanol–water partition coefficient (Wildman–Crippen LogP) is 2.50. The molecule has 0 spiro atoms. The number of hydrogen-bond acceptors (Lipinski definition) is 5. The average Bonchev–Trinajstić information content (AvgIpc) is 3.13. The highest BCUT2D eigenvalue weighted by Gasteiger charge is 2.18. The van der Waals surface area contributed by atoms with E-state index in [4.69, 9.17) is 9.15 Å². The second kappa shape index (κ2) is 9.36. The van der Waals surface area contributed by atoms with Crippen LogP contribution in [0.2, 0.25) is 0 Å². The summed E-state index contributed by atoms with van der Waals surface area (Å²) in [4.78, 5) is 35.3. The van der Waals surface area contributed by atoms with Crippen LogP contribution >= 0.6 is 0 Å². The van der Waals surface area contributed by atoms with E-state index in [1.54, 1.807) is 6.07 Å². The van der Waals surface area contributed by atoms with E-state index in [1.165, 1.54) is 37.5 Å². The number of ether oxygens (including phenoxy) is 1. The van der Waals surface area contributed by atoms with Gasteiger partial charge in [0.15, 0.2) is 11.9 Å². The van der Waals surface area contributed by atoms with Gasteiger partial charge in [0.25, 0.3) is 11.8 Å². The highest BCUT2D eigenvalue weighted by molar-refractivity contribution is 5.95. The van der Waals surface area contributed by atoms with E-state index >= 15 is 0 Å². The summed E-state index contributed by atoms with van der Waals surface area (Å²) in [5.41, 5.74) is 0.276. The molecular weight excluding hydrogens is 343 g/mol. The highest BCUT2D eigenvalue weighted by atomic mass is 19.1. The van der Waals surface area contributed by atoms with E-state index < -0.39 is 23.8 Å². The Balaban J connectivity index is 1.66. The van der Waals surface area contributed by atoms with Crippen molar-refractivity contribution in [3.63, 3.8) is 0 Å². The number of amides is 2. The van der Waals surface area contributed by atoms with Gasteiger partial charge in [-0.25, -0.2) is 4.39 Å². The fraction of sp³-hybridized carbons (Fsp3) is 0.278. The molecule has 2 N–H and O–H groups in total. The van der Waals surface area contributed by atoms with Crippen molar-refractivity contribution in [2.45, 2.75) is 25.9 Å². The first-order valence-corrected chi connectivity index (χ1v) is 8.03. The Morgan fingerprint density at radius 2 is 2.04 bits per heavy atom. The number of halogens is 1. The Morgan fingerprint density at radius 3 is 2.73 bits per heavy atom. The number of anilines is 1. The SMILES string of the molecule is CC(OC(=O)CCCNC(=O)c1ccco1)C(=O)Nc1cccc(F)c1. The fourth-order valence-corrected chi connectivity index (χ4v) is 2.05. The molecule has 0 saturated heterocycles. The number of nitrogens with one attached hydrogen (secondary N) is 2. The molecule has 1 heterocycles. The van der Waals surface area contributed by atoms with Crippen LogP contribution in [-0.4, -0.2) is 30.4 Å². The van der Waals surface area contributed by atoms with Gasteiger partial charge in [-0.05, 0) is 43.7 Å². The smallest absolute Gasteiger partial charge is 0.306 e. The van der Waals surface area contributed by atoms with Crippen molar-refractivity contribution in [1.82, 2.24) is 5.32 Å². The number of esters is 1. The van der Waals surface area contributed by atoms with Gasteiger partial charge in [-0.3, -0.25) is 14.4 Å². The minimum Gasteiger partial charge on any atom is -0.459 e. The molecule has 0 saturated carbocycles. The Hall–Kier alpha value is -3.16. The summed E-state index contributed by atoms with van der Waals surface area (Å²) in [5, 5.41) is 5.06. The molecular formula is C18H19FN2O5. The highest BCUT2D eigenvalue weighted by Crippen LogP contribution is 2.10. The Bertz CT molecular complexity index is 761. The molecule has 2 amide bonds. The predicted molar refractivity (Wildman–Crippen MR) is 90.9 cm³/mol. The lowest BCUT2D eigenvalue weighted by atomic mass is 10.2. The third-order valence-electron chi connectivity index (χ3n) is 3.36. The molecule has 2 aromatic rings. The first-order valence-electron chi connectivity index (χ1n) is 8.03. The summed E-state index contributed by atoms with van der Waals surface area (Å²) in [6.45, 7) is 1.68. The number of benzene rings is 1. The Labute approximate surface area is 149 Å². The molecule has 2 rings (SSSR count). The molecule has 1 aromatic carbocycles. The van der Waals surface area contributed by atoms with Gasteiger partial charge in [0.1, 0.15) is 5.82 Å². The van der Waals surface area contributed by atoms with Crippen LogP contribution in [0.4, 0.5) is 10.1 Å². The standard InChI is InChI=1S/C18H19FN2O5/c1-12(17(23)21-14-6-2-5-13(19)11-14)26-16(22)8-3-9-20-18(24)15-7-4-10-25-15/h2,4-7,10-12H,3,8-9H2,1H3,(H,20,24)(H,21,23). The van der Waals surface area contributed by atoms with Crippen molar-refractivity contribution in [2.75, 3.05) is 11.9 Å². The third kappa shape index (κ3) is 6.04. The van der Waals surface area contributed by atoms with Crippen molar-refractivity contribution >= 4 is 23.5 Å². The molecule has 8 heteroatoms. The van der Waals surface area contributed by atoms with Crippen LogP contribution < -0.4 is 10.6 Å². The summed E-state index contributed by atoms with van der Waals surface area (Å²) in [7, 11) is 0.